The third kappa shape index (κ3) is 4.89. The second kappa shape index (κ2) is 8.73. The molecule has 0 bridgehead atoms. The van der Waals surface area contributed by atoms with Gasteiger partial charge in [-0.05, 0) is 35.7 Å². The first kappa shape index (κ1) is 19.0. The molecular formula is C20H22N4O2S. The monoisotopic (exact) mass is 382 g/mol. The number of thioether (sulfide) groups is 1. The molecule has 1 aromatic heterocycles. The molecule has 0 radical (unpaired) electrons. The summed E-state index contributed by atoms with van der Waals surface area (Å²) < 4.78 is 7.05. The van der Waals surface area contributed by atoms with Crippen LogP contribution in [0.4, 0.5) is 5.69 Å². The van der Waals surface area contributed by atoms with Crippen LogP contribution in [-0.2, 0) is 4.79 Å². The summed E-state index contributed by atoms with van der Waals surface area (Å²) in [4.78, 5) is 12.2. The molecule has 0 aliphatic carbocycles. The van der Waals surface area contributed by atoms with Gasteiger partial charge in [-0.25, -0.2) is 0 Å². The zero-order chi connectivity index (χ0) is 19.2. The number of amides is 1. The number of methoxy groups -OCH3 is 1. The molecule has 7 heteroatoms. The Balaban J connectivity index is 1.63. The Bertz CT molecular complexity index is 906. The van der Waals surface area contributed by atoms with Crippen molar-refractivity contribution in [3.05, 3.63) is 60.4 Å². The summed E-state index contributed by atoms with van der Waals surface area (Å²) >= 11 is 1.34. The fourth-order valence-corrected chi connectivity index (χ4v) is 3.28. The molecule has 6 nitrogen and oxygen atoms in total. The predicted octanol–water partition coefficient (Wildman–Crippen LogP) is 4.13. The number of aromatic nitrogens is 3. The van der Waals surface area contributed by atoms with Gasteiger partial charge in [0.15, 0.2) is 5.16 Å². The fourth-order valence-electron chi connectivity index (χ4n) is 2.55. The maximum atomic E-state index is 12.2. The van der Waals surface area contributed by atoms with Crippen LogP contribution in [0.15, 0.2) is 60.0 Å². The van der Waals surface area contributed by atoms with Gasteiger partial charge in [-0.1, -0.05) is 43.8 Å². The molecule has 1 heterocycles. The Morgan fingerprint density at radius 1 is 1.22 bits per heavy atom. The number of benzene rings is 2. The first-order valence-corrected chi connectivity index (χ1v) is 9.62. The van der Waals surface area contributed by atoms with Gasteiger partial charge in [0.25, 0.3) is 0 Å². The zero-order valence-corrected chi connectivity index (χ0v) is 16.4. The van der Waals surface area contributed by atoms with E-state index in [2.05, 4.69) is 41.5 Å². The number of hydrogen-bond acceptors (Lipinski definition) is 5. The summed E-state index contributed by atoms with van der Waals surface area (Å²) in [5.41, 5.74) is 2.95. The second-order valence-electron chi connectivity index (χ2n) is 6.30. The maximum absolute atomic E-state index is 12.2. The van der Waals surface area contributed by atoms with E-state index in [1.54, 1.807) is 19.5 Å². The number of nitrogens with zero attached hydrogens (tertiary/aromatic N) is 3. The predicted molar refractivity (Wildman–Crippen MR) is 108 cm³/mol. The molecule has 27 heavy (non-hydrogen) atoms. The van der Waals surface area contributed by atoms with E-state index in [4.69, 9.17) is 4.74 Å². The molecular weight excluding hydrogens is 360 g/mol. The zero-order valence-electron chi connectivity index (χ0n) is 15.5. The topological polar surface area (TPSA) is 69.0 Å². The van der Waals surface area contributed by atoms with Gasteiger partial charge in [0, 0.05) is 17.4 Å². The quantitative estimate of drug-likeness (QED) is 0.622. The van der Waals surface area contributed by atoms with Gasteiger partial charge in [-0.3, -0.25) is 9.36 Å². The number of nitrogens with one attached hydrogen (secondary N) is 1. The summed E-state index contributed by atoms with van der Waals surface area (Å²) in [5, 5.41) is 11.7. The standard InChI is InChI=1S/C20H22N4O2S/c1-14(2)15-7-9-17(10-8-15)24-13-21-23-20(24)27-12-19(25)22-16-5-4-6-18(11-16)26-3/h4-11,13-14H,12H2,1-3H3,(H,22,25). The van der Waals surface area contributed by atoms with Gasteiger partial charge in [0.2, 0.25) is 5.91 Å². The summed E-state index contributed by atoms with van der Waals surface area (Å²) in [6.07, 6.45) is 1.66. The van der Waals surface area contributed by atoms with Gasteiger partial charge in [0.05, 0.1) is 12.9 Å². The minimum absolute atomic E-state index is 0.113. The van der Waals surface area contributed by atoms with E-state index in [1.807, 2.05) is 34.9 Å². The van der Waals surface area contributed by atoms with E-state index in [0.717, 1.165) is 5.69 Å². The number of ether oxygens (including phenoxy) is 1. The highest BCUT2D eigenvalue weighted by Gasteiger charge is 2.11. The van der Waals surface area contributed by atoms with Crippen LogP contribution in [0.25, 0.3) is 5.69 Å². The van der Waals surface area contributed by atoms with Crippen molar-refractivity contribution < 1.29 is 9.53 Å². The minimum Gasteiger partial charge on any atom is -0.497 e. The lowest BCUT2D eigenvalue weighted by Gasteiger charge is -2.09. The molecule has 0 aliphatic heterocycles. The number of carbonyl (C=O) groups excluding carboxylic acids is 1. The molecule has 0 saturated carbocycles. The summed E-state index contributed by atoms with van der Waals surface area (Å²) in [6.45, 7) is 4.33. The molecule has 0 spiro atoms. The highest BCUT2D eigenvalue weighted by molar-refractivity contribution is 7.99. The average Bonchev–Trinajstić information content (AvgIpc) is 3.15. The van der Waals surface area contributed by atoms with Crippen molar-refractivity contribution in [3.63, 3.8) is 0 Å². The number of anilines is 1. The van der Waals surface area contributed by atoms with E-state index >= 15 is 0 Å². The first-order valence-electron chi connectivity index (χ1n) is 8.64. The van der Waals surface area contributed by atoms with Crippen molar-refractivity contribution in [1.29, 1.82) is 0 Å². The van der Waals surface area contributed by atoms with Crippen LogP contribution >= 0.6 is 11.8 Å². The molecule has 3 aromatic rings. The lowest BCUT2D eigenvalue weighted by Crippen LogP contribution is -2.14. The minimum atomic E-state index is -0.113. The van der Waals surface area contributed by atoms with E-state index in [-0.39, 0.29) is 11.7 Å². The molecule has 0 fully saturated rings. The Hall–Kier alpha value is -2.80. The van der Waals surface area contributed by atoms with Crippen LogP contribution in [-0.4, -0.2) is 33.5 Å². The molecule has 140 valence electrons. The molecule has 1 N–H and O–H groups in total. The van der Waals surface area contributed by atoms with Crippen molar-refractivity contribution >= 4 is 23.4 Å². The van der Waals surface area contributed by atoms with E-state index in [9.17, 15) is 4.79 Å². The Morgan fingerprint density at radius 2 is 2.00 bits per heavy atom. The lowest BCUT2D eigenvalue weighted by atomic mass is 10.0. The Kier molecular flexibility index (Phi) is 6.13. The highest BCUT2D eigenvalue weighted by atomic mass is 32.2. The molecule has 3 rings (SSSR count). The molecule has 0 atom stereocenters. The van der Waals surface area contributed by atoms with Crippen LogP contribution < -0.4 is 10.1 Å². The molecule has 0 saturated heterocycles. The summed E-state index contributed by atoms with van der Waals surface area (Å²) in [6, 6.07) is 15.5. The third-order valence-electron chi connectivity index (χ3n) is 4.04. The van der Waals surface area contributed by atoms with Crippen molar-refractivity contribution in [2.45, 2.75) is 24.9 Å². The van der Waals surface area contributed by atoms with Crippen LogP contribution in [0.3, 0.4) is 0 Å². The number of carbonyl (C=O) groups is 1. The van der Waals surface area contributed by atoms with Crippen molar-refractivity contribution in [3.8, 4) is 11.4 Å². The average molecular weight is 382 g/mol. The molecule has 0 aliphatic rings. The summed E-state index contributed by atoms with van der Waals surface area (Å²) in [7, 11) is 1.59. The van der Waals surface area contributed by atoms with Crippen LogP contribution in [0.5, 0.6) is 5.75 Å². The number of rotatable bonds is 7. The molecule has 2 aromatic carbocycles. The van der Waals surface area contributed by atoms with Crippen molar-refractivity contribution in [2.75, 3.05) is 18.2 Å². The van der Waals surface area contributed by atoms with Crippen molar-refractivity contribution in [2.24, 2.45) is 0 Å². The van der Waals surface area contributed by atoms with E-state index < -0.39 is 0 Å². The SMILES string of the molecule is COc1cccc(NC(=O)CSc2nncn2-c2ccc(C(C)C)cc2)c1. The van der Waals surface area contributed by atoms with Gasteiger partial charge in [-0.2, -0.15) is 0 Å². The van der Waals surface area contributed by atoms with Gasteiger partial charge < -0.3 is 10.1 Å². The van der Waals surface area contributed by atoms with Gasteiger partial charge >= 0.3 is 0 Å². The summed E-state index contributed by atoms with van der Waals surface area (Å²) in [5.74, 6) is 1.30. The normalized spacial score (nSPS) is 10.8. The second-order valence-corrected chi connectivity index (χ2v) is 7.24. The lowest BCUT2D eigenvalue weighted by molar-refractivity contribution is -0.113. The number of hydrogen-bond donors (Lipinski definition) is 1. The molecule has 1 amide bonds. The smallest absolute Gasteiger partial charge is 0.234 e. The van der Waals surface area contributed by atoms with Crippen LogP contribution in [0.1, 0.15) is 25.3 Å². The highest BCUT2D eigenvalue weighted by Crippen LogP contribution is 2.22. The maximum Gasteiger partial charge on any atom is 0.234 e. The van der Waals surface area contributed by atoms with Gasteiger partial charge in [-0.15, -0.1) is 10.2 Å². The Morgan fingerprint density at radius 3 is 2.70 bits per heavy atom. The fraction of sp³-hybridized carbons (Fsp3) is 0.250. The Labute approximate surface area is 163 Å². The largest absolute Gasteiger partial charge is 0.497 e. The van der Waals surface area contributed by atoms with Gasteiger partial charge in [0.1, 0.15) is 12.1 Å². The third-order valence-corrected chi connectivity index (χ3v) is 4.98. The van der Waals surface area contributed by atoms with E-state index in [1.165, 1.54) is 17.3 Å². The first-order chi connectivity index (χ1) is 13.1. The van der Waals surface area contributed by atoms with Crippen molar-refractivity contribution in [1.82, 2.24) is 14.8 Å². The van der Waals surface area contributed by atoms with Crippen LogP contribution in [0, 0.1) is 0 Å². The van der Waals surface area contributed by atoms with Crippen LogP contribution in [0.2, 0.25) is 0 Å². The molecule has 0 unspecified atom stereocenters. The van der Waals surface area contributed by atoms with E-state index in [0.29, 0.717) is 22.5 Å².